The van der Waals surface area contributed by atoms with Gasteiger partial charge in [-0.25, -0.2) is 0 Å². The predicted molar refractivity (Wildman–Crippen MR) is 91.5 cm³/mol. The van der Waals surface area contributed by atoms with E-state index in [9.17, 15) is 4.79 Å². The highest BCUT2D eigenvalue weighted by Crippen LogP contribution is 2.18. The lowest BCUT2D eigenvalue weighted by Crippen LogP contribution is -2.38. The Balaban J connectivity index is 1.35. The number of rotatable bonds is 7. The van der Waals surface area contributed by atoms with Crippen molar-refractivity contribution < 1.29 is 9.53 Å². The van der Waals surface area contributed by atoms with Crippen LogP contribution in [0, 0.1) is 0 Å². The lowest BCUT2D eigenvalue weighted by Gasteiger charge is -2.26. The zero-order valence-corrected chi connectivity index (χ0v) is 13.5. The summed E-state index contributed by atoms with van der Waals surface area (Å²) in [6, 6.07) is 8.21. The maximum atomic E-state index is 12.0. The van der Waals surface area contributed by atoms with Crippen LogP contribution in [0.4, 0.5) is 0 Å². The summed E-state index contributed by atoms with van der Waals surface area (Å²) in [7, 11) is 0. The molecule has 1 aliphatic rings. The Kier molecular flexibility index (Phi) is 5.66. The Morgan fingerprint density at radius 1 is 1.26 bits per heavy atom. The number of aromatic amines is 1. The molecular formula is C18H25N3O2. The summed E-state index contributed by atoms with van der Waals surface area (Å²) >= 11 is 0. The number of ether oxygens (including phenoxy) is 1. The van der Waals surface area contributed by atoms with Crippen LogP contribution >= 0.6 is 0 Å². The number of fused-ring (bicyclic) bond motifs is 1. The van der Waals surface area contributed by atoms with E-state index in [1.165, 1.54) is 10.9 Å². The highest BCUT2D eigenvalue weighted by molar-refractivity contribution is 5.84. The van der Waals surface area contributed by atoms with Gasteiger partial charge in [-0.2, -0.15) is 0 Å². The van der Waals surface area contributed by atoms with Crippen LogP contribution in [0.1, 0.15) is 18.4 Å². The Morgan fingerprint density at radius 2 is 2.09 bits per heavy atom. The maximum Gasteiger partial charge on any atom is 0.220 e. The van der Waals surface area contributed by atoms with E-state index in [1.54, 1.807) is 0 Å². The Morgan fingerprint density at radius 3 is 2.96 bits per heavy atom. The van der Waals surface area contributed by atoms with Gasteiger partial charge in [0.1, 0.15) is 0 Å². The standard InChI is InChI=1S/C18H25N3O2/c22-18(19-8-3-9-21-10-12-23-13-11-21)7-6-15-14-20-17-5-2-1-4-16(15)17/h1-2,4-5,14,20H,3,6-13H2,(H,19,22). The van der Waals surface area contributed by atoms with E-state index in [0.29, 0.717) is 6.42 Å². The van der Waals surface area contributed by atoms with Crippen molar-refractivity contribution in [3.8, 4) is 0 Å². The number of aromatic nitrogens is 1. The molecule has 124 valence electrons. The number of para-hydroxylation sites is 1. The van der Waals surface area contributed by atoms with Crippen LogP contribution in [-0.2, 0) is 16.0 Å². The topological polar surface area (TPSA) is 57.4 Å². The minimum atomic E-state index is 0.136. The molecule has 1 fully saturated rings. The number of benzene rings is 1. The molecule has 2 heterocycles. The van der Waals surface area contributed by atoms with Crippen LogP contribution in [-0.4, -0.2) is 55.2 Å². The van der Waals surface area contributed by atoms with Crippen molar-refractivity contribution >= 4 is 16.8 Å². The molecule has 0 unspecified atom stereocenters. The van der Waals surface area contributed by atoms with Crippen LogP contribution in [0.5, 0.6) is 0 Å². The molecule has 0 radical (unpaired) electrons. The molecule has 0 aliphatic carbocycles. The average Bonchev–Trinajstić information content (AvgIpc) is 3.01. The van der Waals surface area contributed by atoms with Crippen LogP contribution in [0.15, 0.2) is 30.5 Å². The molecule has 23 heavy (non-hydrogen) atoms. The normalized spacial score (nSPS) is 15.8. The summed E-state index contributed by atoms with van der Waals surface area (Å²) in [5.74, 6) is 0.136. The maximum absolute atomic E-state index is 12.0. The number of H-pyrrole nitrogens is 1. The van der Waals surface area contributed by atoms with E-state index in [2.05, 4.69) is 27.3 Å². The number of amides is 1. The molecule has 1 aromatic heterocycles. The molecule has 1 saturated heterocycles. The summed E-state index contributed by atoms with van der Waals surface area (Å²) < 4.78 is 5.33. The first-order valence-corrected chi connectivity index (χ1v) is 8.45. The molecule has 2 N–H and O–H groups in total. The molecule has 0 atom stereocenters. The van der Waals surface area contributed by atoms with Gasteiger partial charge in [-0.05, 0) is 31.0 Å². The SMILES string of the molecule is O=C(CCc1c[nH]c2ccccc12)NCCCN1CCOCC1. The number of morpholine rings is 1. The summed E-state index contributed by atoms with van der Waals surface area (Å²) in [6.45, 7) is 5.47. The lowest BCUT2D eigenvalue weighted by molar-refractivity contribution is -0.121. The number of carbonyl (C=O) groups excluding carboxylic acids is 1. The van der Waals surface area contributed by atoms with Gasteiger partial charge in [0, 0.05) is 43.2 Å². The zero-order valence-electron chi connectivity index (χ0n) is 13.5. The van der Waals surface area contributed by atoms with Gasteiger partial charge in [0.2, 0.25) is 5.91 Å². The molecule has 2 aromatic rings. The predicted octanol–water partition coefficient (Wildman–Crippen LogP) is 1.94. The first-order valence-electron chi connectivity index (χ1n) is 8.45. The second-order valence-corrected chi connectivity index (χ2v) is 6.02. The van der Waals surface area contributed by atoms with Gasteiger partial charge in [0.25, 0.3) is 0 Å². The Labute approximate surface area is 137 Å². The molecule has 1 aromatic carbocycles. The number of hydrogen-bond acceptors (Lipinski definition) is 3. The number of nitrogens with zero attached hydrogens (tertiary/aromatic N) is 1. The minimum Gasteiger partial charge on any atom is -0.379 e. The molecule has 5 nitrogen and oxygen atoms in total. The molecule has 0 spiro atoms. The molecular weight excluding hydrogens is 290 g/mol. The Hall–Kier alpha value is -1.85. The van der Waals surface area contributed by atoms with E-state index in [1.807, 2.05) is 18.3 Å². The summed E-state index contributed by atoms with van der Waals surface area (Å²) in [6.07, 6.45) is 4.33. The molecule has 1 aliphatic heterocycles. The molecule has 1 amide bonds. The van der Waals surface area contributed by atoms with Crippen LogP contribution in [0.2, 0.25) is 0 Å². The second kappa shape index (κ2) is 8.13. The minimum absolute atomic E-state index is 0.136. The quantitative estimate of drug-likeness (QED) is 0.768. The highest BCUT2D eigenvalue weighted by Gasteiger charge is 2.10. The fraction of sp³-hybridized carbons (Fsp3) is 0.500. The van der Waals surface area contributed by atoms with Crippen molar-refractivity contribution in [1.29, 1.82) is 0 Å². The monoisotopic (exact) mass is 315 g/mol. The fourth-order valence-corrected chi connectivity index (χ4v) is 3.03. The van der Waals surface area contributed by atoms with E-state index in [-0.39, 0.29) is 5.91 Å². The second-order valence-electron chi connectivity index (χ2n) is 6.02. The smallest absolute Gasteiger partial charge is 0.220 e. The number of aryl methyl sites for hydroxylation is 1. The highest BCUT2D eigenvalue weighted by atomic mass is 16.5. The van der Waals surface area contributed by atoms with Crippen molar-refractivity contribution in [2.24, 2.45) is 0 Å². The molecule has 5 heteroatoms. The Bertz CT molecular complexity index is 632. The van der Waals surface area contributed by atoms with Crippen molar-refractivity contribution in [3.63, 3.8) is 0 Å². The van der Waals surface area contributed by atoms with Crippen LogP contribution in [0.25, 0.3) is 10.9 Å². The third-order valence-corrected chi connectivity index (χ3v) is 4.37. The van der Waals surface area contributed by atoms with Crippen molar-refractivity contribution in [3.05, 3.63) is 36.0 Å². The molecule has 0 saturated carbocycles. The summed E-state index contributed by atoms with van der Waals surface area (Å²) in [4.78, 5) is 17.6. The van der Waals surface area contributed by atoms with E-state index in [4.69, 9.17) is 4.74 Å². The van der Waals surface area contributed by atoms with Gasteiger partial charge in [-0.15, -0.1) is 0 Å². The van der Waals surface area contributed by atoms with E-state index >= 15 is 0 Å². The van der Waals surface area contributed by atoms with E-state index in [0.717, 1.165) is 57.8 Å². The van der Waals surface area contributed by atoms with Gasteiger partial charge in [0.05, 0.1) is 13.2 Å². The van der Waals surface area contributed by atoms with Gasteiger partial charge in [-0.3, -0.25) is 9.69 Å². The number of nitrogens with one attached hydrogen (secondary N) is 2. The van der Waals surface area contributed by atoms with Crippen molar-refractivity contribution in [1.82, 2.24) is 15.2 Å². The largest absolute Gasteiger partial charge is 0.379 e. The van der Waals surface area contributed by atoms with Crippen LogP contribution < -0.4 is 5.32 Å². The van der Waals surface area contributed by atoms with Gasteiger partial charge in [-0.1, -0.05) is 18.2 Å². The van der Waals surface area contributed by atoms with Gasteiger partial charge in [0.15, 0.2) is 0 Å². The summed E-state index contributed by atoms with van der Waals surface area (Å²) in [5, 5.41) is 4.24. The average molecular weight is 315 g/mol. The first-order chi connectivity index (χ1) is 11.3. The van der Waals surface area contributed by atoms with Crippen LogP contribution in [0.3, 0.4) is 0 Å². The molecule has 3 rings (SSSR count). The van der Waals surface area contributed by atoms with Crippen molar-refractivity contribution in [2.75, 3.05) is 39.4 Å². The third kappa shape index (κ3) is 4.56. The lowest BCUT2D eigenvalue weighted by atomic mass is 10.1. The number of hydrogen-bond donors (Lipinski definition) is 2. The van der Waals surface area contributed by atoms with Gasteiger partial charge < -0.3 is 15.0 Å². The first kappa shape index (κ1) is 16.0. The summed E-state index contributed by atoms with van der Waals surface area (Å²) in [5.41, 5.74) is 2.34. The zero-order chi connectivity index (χ0) is 15.9. The fourth-order valence-electron chi connectivity index (χ4n) is 3.03. The van der Waals surface area contributed by atoms with E-state index < -0.39 is 0 Å². The van der Waals surface area contributed by atoms with Gasteiger partial charge >= 0.3 is 0 Å². The molecule has 0 bridgehead atoms. The third-order valence-electron chi connectivity index (χ3n) is 4.37. The van der Waals surface area contributed by atoms with Crippen molar-refractivity contribution in [2.45, 2.75) is 19.3 Å². The number of carbonyl (C=O) groups is 1.